The Bertz CT molecular complexity index is 546. The fourth-order valence-electron chi connectivity index (χ4n) is 1.40. The number of hydrogen-bond donors (Lipinski definition) is 1. The van der Waals surface area contributed by atoms with Crippen molar-refractivity contribution in [2.45, 2.75) is 13.5 Å². The summed E-state index contributed by atoms with van der Waals surface area (Å²) in [6.07, 6.45) is 1.26. The molecule has 1 aliphatic rings. The zero-order valence-corrected chi connectivity index (χ0v) is 9.65. The lowest BCUT2D eigenvalue weighted by Crippen LogP contribution is -2.30. The van der Waals surface area contributed by atoms with Crippen LogP contribution in [0.1, 0.15) is 22.4 Å². The fraction of sp³-hybridized carbons (Fsp3) is 0.200. The van der Waals surface area contributed by atoms with E-state index >= 15 is 0 Å². The van der Waals surface area contributed by atoms with E-state index in [9.17, 15) is 14.4 Å². The highest BCUT2D eigenvalue weighted by Gasteiger charge is 2.29. The molecule has 0 spiro atoms. The highest BCUT2D eigenvalue weighted by molar-refractivity contribution is 7.09. The summed E-state index contributed by atoms with van der Waals surface area (Å²) in [6, 6.07) is 0. The minimum absolute atomic E-state index is 0.0173. The van der Waals surface area contributed by atoms with Crippen molar-refractivity contribution in [1.82, 2.24) is 9.88 Å². The van der Waals surface area contributed by atoms with Gasteiger partial charge in [-0.05, 0) is 6.92 Å². The van der Waals surface area contributed by atoms with Crippen molar-refractivity contribution in [2.75, 3.05) is 0 Å². The quantitative estimate of drug-likeness (QED) is 0.798. The van der Waals surface area contributed by atoms with Crippen LogP contribution in [0.3, 0.4) is 0 Å². The van der Waals surface area contributed by atoms with Gasteiger partial charge in [0.05, 0.1) is 6.54 Å². The Labute approximate surface area is 100 Å². The number of carbonyl (C=O) groups is 3. The lowest BCUT2D eigenvalue weighted by Gasteiger charge is -2.11. The van der Waals surface area contributed by atoms with Gasteiger partial charge in [0.1, 0.15) is 5.01 Å². The first-order valence-electron chi connectivity index (χ1n) is 4.71. The number of hydrogen-bond acceptors (Lipinski definition) is 5. The molecule has 0 aliphatic carbocycles. The van der Waals surface area contributed by atoms with Gasteiger partial charge in [0.25, 0.3) is 11.8 Å². The van der Waals surface area contributed by atoms with Crippen LogP contribution in [0.25, 0.3) is 0 Å². The van der Waals surface area contributed by atoms with Gasteiger partial charge in [0.15, 0.2) is 5.69 Å². The molecule has 0 saturated carbocycles. The summed E-state index contributed by atoms with van der Waals surface area (Å²) < 4.78 is 0. The summed E-state index contributed by atoms with van der Waals surface area (Å²) in [4.78, 5) is 38.5. The summed E-state index contributed by atoms with van der Waals surface area (Å²) in [5.41, 5.74) is 0.304. The van der Waals surface area contributed by atoms with Crippen molar-refractivity contribution in [3.05, 3.63) is 27.7 Å². The second kappa shape index (κ2) is 4.10. The SMILES string of the molecule is CC1=CC(=O)N(Cc2nc(C(=O)O)cs2)C1=O. The lowest BCUT2D eigenvalue weighted by atomic mass is 10.3. The maximum Gasteiger partial charge on any atom is 0.355 e. The van der Waals surface area contributed by atoms with Crippen LogP contribution in [0, 0.1) is 0 Å². The van der Waals surface area contributed by atoms with E-state index in [1.54, 1.807) is 6.92 Å². The molecule has 1 aliphatic heterocycles. The molecule has 1 N–H and O–H groups in total. The van der Waals surface area contributed by atoms with E-state index < -0.39 is 5.97 Å². The van der Waals surface area contributed by atoms with Crippen LogP contribution in [0.5, 0.6) is 0 Å². The van der Waals surface area contributed by atoms with Crippen LogP contribution >= 0.6 is 11.3 Å². The predicted molar refractivity (Wildman–Crippen MR) is 58.4 cm³/mol. The van der Waals surface area contributed by atoms with Gasteiger partial charge < -0.3 is 5.11 Å². The first kappa shape index (κ1) is 11.5. The molecular formula is C10H8N2O4S. The van der Waals surface area contributed by atoms with Crippen LogP contribution in [0.15, 0.2) is 17.0 Å². The molecule has 17 heavy (non-hydrogen) atoms. The maximum absolute atomic E-state index is 11.6. The number of rotatable bonds is 3. The third kappa shape index (κ3) is 2.09. The van der Waals surface area contributed by atoms with Crippen molar-refractivity contribution in [1.29, 1.82) is 0 Å². The Morgan fingerprint density at radius 3 is 2.71 bits per heavy atom. The van der Waals surface area contributed by atoms with Crippen LogP contribution in [-0.4, -0.2) is 32.8 Å². The summed E-state index contributed by atoms with van der Waals surface area (Å²) in [5.74, 6) is -1.87. The van der Waals surface area contributed by atoms with Gasteiger partial charge in [0, 0.05) is 17.0 Å². The number of imide groups is 1. The molecule has 88 valence electrons. The molecule has 0 fully saturated rings. The largest absolute Gasteiger partial charge is 0.476 e. The Morgan fingerprint density at radius 1 is 1.53 bits per heavy atom. The van der Waals surface area contributed by atoms with Crippen LogP contribution in [-0.2, 0) is 16.1 Å². The molecule has 0 unspecified atom stereocenters. The van der Waals surface area contributed by atoms with Crippen LogP contribution < -0.4 is 0 Å². The monoisotopic (exact) mass is 252 g/mol. The van der Waals surface area contributed by atoms with E-state index in [0.29, 0.717) is 10.6 Å². The number of amides is 2. The predicted octanol–water partition coefficient (Wildman–Crippen LogP) is 0.656. The van der Waals surface area contributed by atoms with Gasteiger partial charge in [-0.15, -0.1) is 11.3 Å². The molecule has 2 heterocycles. The molecule has 1 aromatic rings. The van der Waals surface area contributed by atoms with E-state index in [1.807, 2.05) is 0 Å². The summed E-state index contributed by atoms with van der Waals surface area (Å²) in [7, 11) is 0. The second-order valence-corrected chi connectivity index (χ2v) is 4.43. The standard InChI is InChI=1S/C10H8N2O4S/c1-5-2-8(13)12(9(5)14)3-7-11-6(4-17-7)10(15)16/h2,4H,3H2,1H3,(H,15,16). The van der Waals surface area contributed by atoms with Gasteiger partial charge in [-0.1, -0.05) is 0 Å². The normalized spacial score (nSPS) is 15.4. The fourth-order valence-corrected chi connectivity index (χ4v) is 2.16. The summed E-state index contributed by atoms with van der Waals surface area (Å²) in [5, 5.41) is 10.5. The van der Waals surface area contributed by atoms with Crippen molar-refractivity contribution >= 4 is 29.1 Å². The number of carbonyl (C=O) groups excluding carboxylic acids is 2. The molecule has 2 rings (SSSR count). The molecular weight excluding hydrogens is 244 g/mol. The molecule has 2 amide bonds. The first-order valence-corrected chi connectivity index (χ1v) is 5.59. The third-order valence-electron chi connectivity index (χ3n) is 2.25. The number of aromatic carboxylic acids is 1. The summed E-state index contributed by atoms with van der Waals surface area (Å²) >= 11 is 1.11. The van der Waals surface area contributed by atoms with Gasteiger partial charge in [-0.25, -0.2) is 9.78 Å². The lowest BCUT2D eigenvalue weighted by molar-refractivity contribution is -0.137. The Morgan fingerprint density at radius 2 is 2.24 bits per heavy atom. The first-order chi connectivity index (χ1) is 7.99. The number of aromatic nitrogens is 1. The van der Waals surface area contributed by atoms with E-state index in [-0.39, 0.29) is 24.1 Å². The molecule has 0 saturated heterocycles. The van der Waals surface area contributed by atoms with E-state index in [4.69, 9.17) is 5.11 Å². The molecule has 1 aromatic heterocycles. The second-order valence-electron chi connectivity index (χ2n) is 3.49. The van der Waals surface area contributed by atoms with Gasteiger partial charge in [-0.3, -0.25) is 14.5 Å². The van der Waals surface area contributed by atoms with Crippen molar-refractivity contribution < 1.29 is 19.5 Å². The number of carboxylic acid groups (broad SMARTS) is 1. The molecule has 7 heteroatoms. The summed E-state index contributed by atoms with van der Waals surface area (Å²) in [6.45, 7) is 1.58. The maximum atomic E-state index is 11.6. The average molecular weight is 252 g/mol. The van der Waals surface area contributed by atoms with E-state index in [0.717, 1.165) is 16.2 Å². The van der Waals surface area contributed by atoms with Crippen LogP contribution in [0.4, 0.5) is 0 Å². The van der Waals surface area contributed by atoms with Crippen molar-refractivity contribution in [3.8, 4) is 0 Å². The zero-order valence-electron chi connectivity index (χ0n) is 8.84. The van der Waals surface area contributed by atoms with Gasteiger partial charge in [0.2, 0.25) is 0 Å². The molecule has 0 atom stereocenters. The van der Waals surface area contributed by atoms with Gasteiger partial charge >= 0.3 is 5.97 Å². The number of thiazole rings is 1. The van der Waals surface area contributed by atoms with Gasteiger partial charge in [-0.2, -0.15) is 0 Å². The van der Waals surface area contributed by atoms with Crippen molar-refractivity contribution in [2.24, 2.45) is 0 Å². The molecule has 0 bridgehead atoms. The minimum Gasteiger partial charge on any atom is -0.476 e. The van der Waals surface area contributed by atoms with E-state index in [1.165, 1.54) is 11.5 Å². The number of nitrogens with zero attached hydrogens (tertiary/aromatic N) is 2. The Balaban J connectivity index is 2.14. The number of carboxylic acids is 1. The minimum atomic E-state index is -1.12. The topological polar surface area (TPSA) is 87.6 Å². The average Bonchev–Trinajstić information content (AvgIpc) is 2.80. The molecule has 0 aromatic carbocycles. The van der Waals surface area contributed by atoms with Crippen LogP contribution in [0.2, 0.25) is 0 Å². The highest BCUT2D eigenvalue weighted by Crippen LogP contribution is 2.18. The Hall–Kier alpha value is -2.02. The van der Waals surface area contributed by atoms with Crippen molar-refractivity contribution in [3.63, 3.8) is 0 Å². The molecule has 6 nitrogen and oxygen atoms in total. The smallest absolute Gasteiger partial charge is 0.355 e. The van der Waals surface area contributed by atoms with E-state index in [2.05, 4.69) is 4.98 Å². The third-order valence-corrected chi connectivity index (χ3v) is 3.09. The zero-order chi connectivity index (χ0) is 12.6. The molecule has 0 radical (unpaired) electrons. The Kier molecular flexibility index (Phi) is 2.76. The highest BCUT2D eigenvalue weighted by atomic mass is 32.1.